The Bertz CT molecular complexity index is 1380. The zero-order chi connectivity index (χ0) is 23.5. The van der Waals surface area contributed by atoms with Crippen LogP contribution in [-0.4, -0.2) is 35.0 Å². The van der Waals surface area contributed by atoms with E-state index in [0.29, 0.717) is 28.3 Å². The molecule has 9 heteroatoms. The minimum atomic E-state index is -0.601. The van der Waals surface area contributed by atoms with Gasteiger partial charge in [0.1, 0.15) is 17.0 Å². The molecule has 9 nitrogen and oxygen atoms in total. The number of benzene rings is 2. The Kier molecular flexibility index (Phi) is 6.03. The lowest BCUT2D eigenvalue weighted by Gasteiger charge is -2.07. The number of amides is 1. The van der Waals surface area contributed by atoms with Gasteiger partial charge in [-0.25, -0.2) is 4.68 Å². The van der Waals surface area contributed by atoms with Gasteiger partial charge in [0.15, 0.2) is 6.61 Å². The maximum Gasteiger partial charge on any atom is 0.310 e. The number of furan rings is 1. The van der Waals surface area contributed by atoms with E-state index in [1.807, 2.05) is 18.2 Å². The molecule has 4 rings (SSSR count). The van der Waals surface area contributed by atoms with Gasteiger partial charge in [0.05, 0.1) is 31.2 Å². The van der Waals surface area contributed by atoms with Crippen LogP contribution in [0.1, 0.15) is 11.3 Å². The number of carbonyl (C=O) groups excluding carboxylic acids is 2. The summed E-state index contributed by atoms with van der Waals surface area (Å²) in [6, 6.07) is 14.4. The molecule has 170 valence electrons. The third kappa shape index (κ3) is 4.38. The lowest BCUT2D eigenvalue weighted by molar-refractivity contribution is -0.146. The lowest BCUT2D eigenvalue weighted by Crippen LogP contribution is -2.26. The fourth-order valence-electron chi connectivity index (χ4n) is 3.57. The van der Waals surface area contributed by atoms with Gasteiger partial charge < -0.3 is 19.2 Å². The quantitative estimate of drug-likeness (QED) is 0.435. The Labute approximate surface area is 189 Å². The number of rotatable bonds is 7. The number of carbonyl (C=O) groups is 2. The Morgan fingerprint density at radius 1 is 1.12 bits per heavy atom. The number of aromatic nitrogens is 2. The van der Waals surface area contributed by atoms with Crippen LogP contribution >= 0.6 is 0 Å². The van der Waals surface area contributed by atoms with Crippen molar-refractivity contribution in [2.24, 2.45) is 7.05 Å². The molecule has 0 spiro atoms. The Morgan fingerprint density at radius 2 is 1.88 bits per heavy atom. The zero-order valence-corrected chi connectivity index (χ0v) is 18.5. The van der Waals surface area contributed by atoms with Gasteiger partial charge in [-0.05, 0) is 31.2 Å². The van der Waals surface area contributed by atoms with Gasteiger partial charge in [-0.3, -0.25) is 19.1 Å². The molecule has 2 aromatic carbocycles. The summed E-state index contributed by atoms with van der Waals surface area (Å²) < 4.78 is 18.8. The molecule has 33 heavy (non-hydrogen) atoms. The van der Waals surface area contributed by atoms with Crippen LogP contribution in [0.5, 0.6) is 5.75 Å². The van der Waals surface area contributed by atoms with Gasteiger partial charge in [0.25, 0.3) is 11.5 Å². The van der Waals surface area contributed by atoms with Crippen molar-refractivity contribution >= 4 is 28.5 Å². The van der Waals surface area contributed by atoms with Crippen molar-refractivity contribution in [2.75, 3.05) is 19.0 Å². The van der Waals surface area contributed by atoms with Crippen molar-refractivity contribution in [3.8, 4) is 11.4 Å². The molecule has 4 aromatic rings. The van der Waals surface area contributed by atoms with E-state index in [0.717, 1.165) is 5.39 Å². The summed E-state index contributed by atoms with van der Waals surface area (Å²) in [6.45, 7) is 1.21. The fraction of sp³-hybridized carbons (Fsp3) is 0.208. The van der Waals surface area contributed by atoms with Crippen molar-refractivity contribution in [1.82, 2.24) is 9.36 Å². The normalized spacial score (nSPS) is 10.9. The molecule has 0 fully saturated rings. The zero-order valence-electron chi connectivity index (χ0n) is 18.5. The summed E-state index contributed by atoms with van der Waals surface area (Å²) in [4.78, 5) is 37.5. The molecule has 1 amide bonds. The number of anilines is 1. The highest BCUT2D eigenvalue weighted by atomic mass is 16.5. The third-order valence-corrected chi connectivity index (χ3v) is 5.38. The fourth-order valence-corrected chi connectivity index (χ4v) is 3.57. The minimum absolute atomic E-state index is 0.0578. The molecule has 2 aromatic heterocycles. The summed E-state index contributed by atoms with van der Waals surface area (Å²) >= 11 is 0. The largest absolute Gasteiger partial charge is 0.497 e. The van der Waals surface area contributed by atoms with E-state index in [2.05, 4.69) is 5.32 Å². The molecule has 0 aliphatic carbocycles. The summed E-state index contributed by atoms with van der Waals surface area (Å²) in [5.74, 6) is -0.545. The summed E-state index contributed by atoms with van der Waals surface area (Å²) in [7, 11) is 3.28. The molecular weight excluding hydrogens is 426 g/mol. The maximum atomic E-state index is 12.9. The molecule has 0 unspecified atom stereocenters. The number of ether oxygens (including phenoxy) is 2. The van der Waals surface area contributed by atoms with E-state index < -0.39 is 18.5 Å². The highest BCUT2D eigenvalue weighted by molar-refractivity contribution is 5.93. The molecule has 0 saturated heterocycles. The van der Waals surface area contributed by atoms with Crippen molar-refractivity contribution in [1.29, 1.82) is 0 Å². The molecule has 1 N–H and O–H groups in total. The van der Waals surface area contributed by atoms with E-state index >= 15 is 0 Å². The van der Waals surface area contributed by atoms with Gasteiger partial charge in [-0.15, -0.1) is 0 Å². The highest BCUT2D eigenvalue weighted by Gasteiger charge is 2.19. The maximum absolute atomic E-state index is 12.9. The van der Waals surface area contributed by atoms with Crippen LogP contribution in [0.25, 0.3) is 16.7 Å². The summed E-state index contributed by atoms with van der Waals surface area (Å²) in [5.41, 5.74) is 2.24. The average Bonchev–Trinajstić information content (AvgIpc) is 3.31. The van der Waals surface area contributed by atoms with Crippen molar-refractivity contribution in [2.45, 2.75) is 13.3 Å². The molecule has 0 atom stereocenters. The lowest BCUT2D eigenvalue weighted by atomic mass is 10.1. The van der Waals surface area contributed by atoms with Crippen LogP contribution in [0.15, 0.2) is 64.0 Å². The van der Waals surface area contributed by atoms with Crippen LogP contribution < -0.4 is 15.6 Å². The molecule has 0 aliphatic heterocycles. The Hall–Kier alpha value is -4.27. The Balaban J connectivity index is 1.40. The van der Waals surface area contributed by atoms with E-state index in [9.17, 15) is 14.4 Å². The van der Waals surface area contributed by atoms with Crippen LogP contribution in [0.2, 0.25) is 0 Å². The number of fused-ring (bicyclic) bond motifs is 1. The first-order valence-corrected chi connectivity index (χ1v) is 10.2. The first-order chi connectivity index (χ1) is 15.9. The number of hydrogen-bond donors (Lipinski definition) is 1. The second-order valence-electron chi connectivity index (χ2n) is 7.45. The first kappa shape index (κ1) is 21.9. The summed E-state index contributed by atoms with van der Waals surface area (Å²) in [6.07, 6.45) is 1.42. The standard InChI is InChI=1S/C24H23N3O6/c1-15-23(24(30)27(26(15)2)17-7-5-4-6-8-17)25-21(28)14-33-22(29)11-16-13-32-20-12-18(31-3)9-10-19(16)20/h4-10,12-13H,11,14H2,1-3H3,(H,25,28). The monoisotopic (exact) mass is 449 g/mol. The molecular formula is C24H23N3O6. The van der Waals surface area contributed by atoms with E-state index in [4.69, 9.17) is 13.9 Å². The number of methoxy groups -OCH3 is 1. The second kappa shape index (κ2) is 9.07. The van der Waals surface area contributed by atoms with Gasteiger partial charge >= 0.3 is 5.97 Å². The van der Waals surface area contributed by atoms with Gasteiger partial charge in [-0.2, -0.15) is 0 Å². The predicted octanol–water partition coefficient (Wildman–Crippen LogP) is 2.96. The third-order valence-electron chi connectivity index (χ3n) is 5.38. The Morgan fingerprint density at radius 3 is 2.61 bits per heavy atom. The smallest absolute Gasteiger partial charge is 0.310 e. The predicted molar refractivity (Wildman–Crippen MR) is 122 cm³/mol. The topological polar surface area (TPSA) is 105 Å². The van der Waals surface area contributed by atoms with Crippen molar-refractivity contribution in [3.63, 3.8) is 0 Å². The van der Waals surface area contributed by atoms with Crippen molar-refractivity contribution in [3.05, 3.63) is 76.4 Å². The molecule has 2 heterocycles. The van der Waals surface area contributed by atoms with Crippen molar-refractivity contribution < 1.29 is 23.5 Å². The van der Waals surface area contributed by atoms with Crippen LogP contribution in [0.4, 0.5) is 5.69 Å². The van der Waals surface area contributed by atoms with Gasteiger partial charge in [-0.1, -0.05) is 18.2 Å². The molecule has 0 saturated carbocycles. The second-order valence-corrected chi connectivity index (χ2v) is 7.45. The number of nitrogens with one attached hydrogen (secondary N) is 1. The number of nitrogens with zero attached hydrogens (tertiary/aromatic N) is 2. The van der Waals surface area contributed by atoms with E-state index in [1.165, 1.54) is 10.9 Å². The van der Waals surface area contributed by atoms with E-state index in [1.54, 1.807) is 56.1 Å². The molecule has 0 radical (unpaired) electrons. The van der Waals surface area contributed by atoms with Gasteiger partial charge in [0, 0.05) is 24.1 Å². The van der Waals surface area contributed by atoms with Crippen LogP contribution in [0.3, 0.4) is 0 Å². The minimum Gasteiger partial charge on any atom is -0.497 e. The van der Waals surface area contributed by atoms with E-state index in [-0.39, 0.29) is 17.7 Å². The number of para-hydroxylation sites is 1. The molecule has 0 bridgehead atoms. The highest BCUT2D eigenvalue weighted by Crippen LogP contribution is 2.26. The molecule has 0 aliphatic rings. The number of hydrogen-bond acceptors (Lipinski definition) is 6. The van der Waals surface area contributed by atoms with Crippen LogP contribution in [-0.2, 0) is 27.8 Å². The SMILES string of the molecule is COc1ccc2c(CC(=O)OCC(=O)Nc3c(C)n(C)n(-c4ccccc4)c3=O)coc2c1. The van der Waals surface area contributed by atoms with Crippen LogP contribution in [0, 0.1) is 6.92 Å². The number of esters is 1. The summed E-state index contributed by atoms with van der Waals surface area (Å²) in [5, 5.41) is 3.33. The van der Waals surface area contributed by atoms with Gasteiger partial charge in [0.2, 0.25) is 0 Å². The average molecular weight is 449 g/mol. The first-order valence-electron chi connectivity index (χ1n) is 10.2.